The smallest absolute Gasteiger partial charge is 0.326 e. The summed E-state index contributed by atoms with van der Waals surface area (Å²) in [5.74, 6) is -4.39. The molecule has 15 nitrogen and oxygen atoms in total. The molecule has 2 aromatic rings. The third kappa shape index (κ3) is 9.71. The fraction of sp³-hybridized carbons (Fsp3) is 0.500. The van der Waals surface area contributed by atoms with Crippen LogP contribution in [-0.2, 0) is 36.8 Å². The van der Waals surface area contributed by atoms with Crippen molar-refractivity contribution in [1.29, 1.82) is 0 Å². The first-order chi connectivity index (χ1) is 17.5. The van der Waals surface area contributed by atoms with Gasteiger partial charge in [0.25, 0.3) is 0 Å². The second-order valence-electron chi connectivity index (χ2n) is 8.99. The van der Waals surface area contributed by atoms with Gasteiger partial charge in [-0.15, -0.1) is 0 Å². The number of aliphatic carboxylic acids is 1. The van der Waals surface area contributed by atoms with Crippen LogP contribution in [0.1, 0.15) is 38.1 Å². The Balaban J connectivity index is 2.19. The van der Waals surface area contributed by atoms with Crippen LogP contribution in [-0.4, -0.2) is 78.8 Å². The van der Waals surface area contributed by atoms with Crippen LogP contribution in [0.3, 0.4) is 0 Å². The maximum atomic E-state index is 13.1. The van der Waals surface area contributed by atoms with E-state index >= 15 is 0 Å². The Labute approximate surface area is 212 Å². The van der Waals surface area contributed by atoms with Crippen LogP contribution in [0.25, 0.3) is 0 Å². The number of nitrogens with zero attached hydrogens (tertiary/aromatic N) is 2. The van der Waals surface area contributed by atoms with E-state index in [4.69, 9.17) is 11.5 Å². The van der Waals surface area contributed by atoms with Gasteiger partial charge in [0.05, 0.1) is 25.1 Å². The highest BCUT2D eigenvalue weighted by Gasteiger charge is 2.31. The Bertz CT molecular complexity index is 1050. The van der Waals surface area contributed by atoms with Gasteiger partial charge in [-0.3, -0.25) is 19.2 Å². The van der Waals surface area contributed by atoms with Gasteiger partial charge in [-0.25, -0.2) is 14.8 Å². The maximum absolute atomic E-state index is 13.1. The minimum atomic E-state index is -1.40. The second kappa shape index (κ2) is 13.7. The normalized spacial score (nSPS) is 14.3. The van der Waals surface area contributed by atoms with Crippen molar-refractivity contribution in [3.63, 3.8) is 0 Å². The van der Waals surface area contributed by atoms with Crippen molar-refractivity contribution in [2.45, 2.75) is 63.7 Å². The average Bonchev–Trinajstić information content (AvgIpc) is 3.51. The van der Waals surface area contributed by atoms with Gasteiger partial charge in [-0.2, -0.15) is 0 Å². The number of H-pyrrole nitrogens is 2. The van der Waals surface area contributed by atoms with Crippen molar-refractivity contribution in [3.05, 3.63) is 36.4 Å². The molecule has 0 bridgehead atoms. The van der Waals surface area contributed by atoms with Gasteiger partial charge < -0.3 is 42.5 Å². The fourth-order valence-corrected chi connectivity index (χ4v) is 3.49. The standard InChI is InChI=1S/C22H33N9O6/c1-11(2)3-14(23)19(33)29-16(6-18(24)32)21(35)30-15(4-12-7-25-9-27-12)20(34)31-17(22(36)37)5-13-8-26-10-28-13/h7-11,14-17H,3-6,23H2,1-2H3,(H2,24,32)(H,25,27)(H,26,28)(H,29,33)(H,30,35)(H,31,34)(H,36,37). The van der Waals surface area contributed by atoms with Crippen molar-refractivity contribution in [2.24, 2.45) is 17.4 Å². The van der Waals surface area contributed by atoms with Crippen LogP contribution in [0.2, 0.25) is 0 Å². The van der Waals surface area contributed by atoms with Gasteiger partial charge >= 0.3 is 5.97 Å². The summed E-state index contributed by atoms with van der Waals surface area (Å²) in [5.41, 5.74) is 12.1. The summed E-state index contributed by atoms with van der Waals surface area (Å²) in [6.45, 7) is 3.74. The molecule has 2 aromatic heterocycles. The number of carbonyl (C=O) groups excluding carboxylic acids is 4. The lowest BCUT2D eigenvalue weighted by molar-refractivity contribution is -0.142. The van der Waals surface area contributed by atoms with Crippen LogP contribution in [0, 0.1) is 5.92 Å². The zero-order valence-electron chi connectivity index (χ0n) is 20.6. The van der Waals surface area contributed by atoms with E-state index in [2.05, 4.69) is 35.9 Å². The van der Waals surface area contributed by atoms with Crippen LogP contribution >= 0.6 is 0 Å². The van der Waals surface area contributed by atoms with Gasteiger partial charge in [0, 0.05) is 36.6 Å². The van der Waals surface area contributed by atoms with Gasteiger partial charge in [-0.05, 0) is 12.3 Å². The summed E-state index contributed by atoms with van der Waals surface area (Å²) >= 11 is 0. The third-order valence-corrected chi connectivity index (χ3v) is 5.31. The SMILES string of the molecule is CC(C)CC(N)C(=O)NC(CC(N)=O)C(=O)NC(Cc1cnc[nH]1)C(=O)NC(Cc1cnc[nH]1)C(=O)O. The molecular weight excluding hydrogens is 486 g/mol. The van der Waals surface area contributed by atoms with Gasteiger partial charge in [0.15, 0.2) is 0 Å². The molecule has 0 radical (unpaired) electrons. The summed E-state index contributed by atoms with van der Waals surface area (Å²) in [6, 6.07) is -4.94. The zero-order chi connectivity index (χ0) is 27.5. The first-order valence-electron chi connectivity index (χ1n) is 11.6. The van der Waals surface area contributed by atoms with E-state index in [0.29, 0.717) is 17.8 Å². The van der Waals surface area contributed by atoms with Gasteiger partial charge in [0.2, 0.25) is 23.6 Å². The van der Waals surface area contributed by atoms with Crippen LogP contribution < -0.4 is 27.4 Å². The number of nitrogens with one attached hydrogen (secondary N) is 5. The number of carbonyl (C=O) groups is 5. The Morgan fingerprint density at radius 1 is 0.865 bits per heavy atom. The first-order valence-corrected chi connectivity index (χ1v) is 11.6. The molecule has 0 aromatic carbocycles. The summed E-state index contributed by atoms with van der Waals surface area (Å²) in [7, 11) is 0. The Hall–Kier alpha value is -4.27. The predicted molar refractivity (Wildman–Crippen MR) is 129 cm³/mol. The lowest BCUT2D eigenvalue weighted by atomic mass is 10.0. The molecule has 0 saturated heterocycles. The third-order valence-electron chi connectivity index (χ3n) is 5.31. The quantitative estimate of drug-likeness (QED) is 0.126. The molecule has 0 saturated carbocycles. The summed E-state index contributed by atoms with van der Waals surface area (Å²) in [4.78, 5) is 75.2. The largest absolute Gasteiger partial charge is 0.480 e. The Kier molecular flexibility index (Phi) is 10.7. The van der Waals surface area contributed by atoms with Crippen molar-refractivity contribution >= 4 is 29.6 Å². The first kappa shape index (κ1) is 29.0. The Morgan fingerprint density at radius 2 is 1.35 bits per heavy atom. The summed E-state index contributed by atoms with van der Waals surface area (Å²) in [6.07, 6.45) is 5.23. The number of nitrogens with two attached hydrogens (primary N) is 2. The summed E-state index contributed by atoms with van der Waals surface area (Å²) < 4.78 is 0. The number of hydrogen-bond donors (Lipinski definition) is 8. The number of hydrogen-bond acceptors (Lipinski definition) is 8. The molecule has 15 heteroatoms. The molecule has 0 spiro atoms. The molecular formula is C22H33N9O6. The number of aromatic amines is 2. The highest BCUT2D eigenvalue weighted by atomic mass is 16.4. The summed E-state index contributed by atoms with van der Waals surface area (Å²) in [5, 5.41) is 16.9. The number of amides is 4. The van der Waals surface area contributed by atoms with Crippen molar-refractivity contribution in [3.8, 4) is 0 Å². The molecule has 0 aliphatic rings. The number of carboxylic acid groups (broad SMARTS) is 1. The van der Waals surface area contributed by atoms with E-state index < -0.39 is 60.2 Å². The average molecular weight is 520 g/mol. The number of aromatic nitrogens is 4. The van der Waals surface area contributed by atoms with E-state index in [0.717, 1.165) is 0 Å². The fourth-order valence-electron chi connectivity index (χ4n) is 3.49. The van der Waals surface area contributed by atoms with E-state index in [1.807, 2.05) is 13.8 Å². The molecule has 2 rings (SSSR count). The molecule has 202 valence electrons. The number of rotatable bonds is 15. The molecule has 2 heterocycles. The van der Waals surface area contributed by atoms with Crippen molar-refractivity contribution in [1.82, 2.24) is 35.9 Å². The molecule has 4 unspecified atom stereocenters. The zero-order valence-corrected chi connectivity index (χ0v) is 20.6. The van der Waals surface area contributed by atoms with E-state index in [-0.39, 0.29) is 18.8 Å². The number of primary amides is 1. The number of carboxylic acids is 1. The Morgan fingerprint density at radius 3 is 1.81 bits per heavy atom. The monoisotopic (exact) mass is 519 g/mol. The lowest BCUT2D eigenvalue weighted by Crippen LogP contribution is -2.58. The van der Waals surface area contributed by atoms with Gasteiger partial charge in [0.1, 0.15) is 18.1 Å². The lowest BCUT2D eigenvalue weighted by Gasteiger charge is -2.24. The highest BCUT2D eigenvalue weighted by Crippen LogP contribution is 2.06. The van der Waals surface area contributed by atoms with Crippen molar-refractivity contribution < 1.29 is 29.1 Å². The molecule has 37 heavy (non-hydrogen) atoms. The van der Waals surface area contributed by atoms with E-state index in [1.165, 1.54) is 25.0 Å². The van der Waals surface area contributed by atoms with Crippen molar-refractivity contribution in [2.75, 3.05) is 0 Å². The van der Waals surface area contributed by atoms with E-state index in [1.54, 1.807) is 0 Å². The molecule has 0 aliphatic carbocycles. The highest BCUT2D eigenvalue weighted by molar-refractivity contribution is 5.96. The minimum absolute atomic E-state index is 0.0834. The maximum Gasteiger partial charge on any atom is 0.326 e. The molecule has 4 amide bonds. The predicted octanol–water partition coefficient (Wildman–Crippen LogP) is -2.29. The minimum Gasteiger partial charge on any atom is -0.480 e. The van der Waals surface area contributed by atoms with E-state index in [9.17, 15) is 29.1 Å². The van der Waals surface area contributed by atoms with Crippen LogP contribution in [0.5, 0.6) is 0 Å². The molecule has 0 fully saturated rings. The molecule has 4 atom stereocenters. The van der Waals surface area contributed by atoms with Gasteiger partial charge in [-0.1, -0.05) is 13.8 Å². The molecule has 10 N–H and O–H groups in total. The number of imidazole rings is 2. The second-order valence-corrected chi connectivity index (χ2v) is 8.99. The van der Waals surface area contributed by atoms with Crippen LogP contribution in [0.4, 0.5) is 0 Å². The van der Waals surface area contributed by atoms with Crippen LogP contribution in [0.15, 0.2) is 25.0 Å². The topological polar surface area (TPSA) is 251 Å². The molecule has 0 aliphatic heterocycles.